The van der Waals surface area contributed by atoms with Crippen molar-refractivity contribution >= 4 is 0 Å². The maximum absolute atomic E-state index is 10.5. The molecule has 3 rings (SSSR count). The smallest absolute Gasteiger partial charge is 0.123 e. The highest BCUT2D eigenvalue weighted by Crippen LogP contribution is 2.30. The first-order valence-electron chi connectivity index (χ1n) is 7.84. The molecular weight excluding hydrogens is 250 g/mol. The van der Waals surface area contributed by atoms with Crippen LogP contribution in [0.15, 0.2) is 18.2 Å². The van der Waals surface area contributed by atoms with Gasteiger partial charge in [0.25, 0.3) is 0 Å². The van der Waals surface area contributed by atoms with Gasteiger partial charge in [-0.2, -0.15) is 0 Å². The van der Waals surface area contributed by atoms with Crippen LogP contribution < -0.4 is 10.1 Å². The van der Waals surface area contributed by atoms with E-state index in [2.05, 4.69) is 30.4 Å². The minimum Gasteiger partial charge on any atom is -0.488 e. The average molecular weight is 275 g/mol. The topological polar surface area (TPSA) is 41.5 Å². The van der Waals surface area contributed by atoms with E-state index in [0.29, 0.717) is 6.54 Å². The van der Waals surface area contributed by atoms with Gasteiger partial charge in [0, 0.05) is 19.5 Å². The van der Waals surface area contributed by atoms with Crippen LogP contribution in [0.2, 0.25) is 0 Å². The molecule has 3 heteroatoms. The molecule has 1 unspecified atom stereocenters. The summed E-state index contributed by atoms with van der Waals surface area (Å²) in [6, 6.07) is 6.38. The molecule has 0 amide bonds. The van der Waals surface area contributed by atoms with Crippen LogP contribution in [-0.4, -0.2) is 29.9 Å². The summed E-state index contributed by atoms with van der Waals surface area (Å²) in [6.07, 6.45) is 6.63. The molecule has 0 bridgehead atoms. The predicted molar refractivity (Wildman–Crippen MR) is 80.2 cm³/mol. The number of fused-ring (bicyclic) bond motifs is 1. The molecule has 110 valence electrons. The molecule has 1 saturated carbocycles. The maximum Gasteiger partial charge on any atom is 0.123 e. The van der Waals surface area contributed by atoms with Crippen LogP contribution in [0.3, 0.4) is 0 Å². The predicted octanol–water partition coefficient (Wildman–Crippen LogP) is 2.58. The molecular formula is C17H25NO2. The molecule has 1 aromatic rings. The van der Waals surface area contributed by atoms with Gasteiger partial charge in [-0.3, -0.25) is 0 Å². The Labute approximate surface area is 121 Å². The lowest BCUT2D eigenvalue weighted by Gasteiger charge is -2.32. The van der Waals surface area contributed by atoms with Crippen molar-refractivity contribution in [3.05, 3.63) is 29.3 Å². The highest BCUT2D eigenvalue weighted by molar-refractivity contribution is 5.40. The minimum absolute atomic E-state index is 0.207. The van der Waals surface area contributed by atoms with Crippen LogP contribution in [-0.2, 0) is 6.42 Å². The van der Waals surface area contributed by atoms with Crippen LogP contribution in [0.25, 0.3) is 0 Å². The zero-order valence-electron chi connectivity index (χ0n) is 12.3. The van der Waals surface area contributed by atoms with E-state index in [4.69, 9.17) is 4.74 Å². The van der Waals surface area contributed by atoms with Gasteiger partial charge in [0.1, 0.15) is 11.9 Å². The molecule has 1 heterocycles. The van der Waals surface area contributed by atoms with Gasteiger partial charge >= 0.3 is 0 Å². The summed E-state index contributed by atoms with van der Waals surface area (Å²) in [5.41, 5.74) is 2.12. The SMILES string of the molecule is Cc1ccc2c(c1)CC(CNCC1(O)CCCCC1)O2. The van der Waals surface area contributed by atoms with E-state index in [0.717, 1.165) is 44.4 Å². The van der Waals surface area contributed by atoms with Crippen molar-refractivity contribution < 1.29 is 9.84 Å². The number of aryl methyl sites for hydroxylation is 1. The molecule has 1 aliphatic heterocycles. The third-order valence-electron chi connectivity index (χ3n) is 4.57. The molecule has 3 nitrogen and oxygen atoms in total. The molecule has 1 atom stereocenters. The number of ether oxygens (including phenoxy) is 1. The third kappa shape index (κ3) is 3.15. The van der Waals surface area contributed by atoms with Crippen molar-refractivity contribution in [3.63, 3.8) is 0 Å². The van der Waals surface area contributed by atoms with Crippen LogP contribution >= 0.6 is 0 Å². The van der Waals surface area contributed by atoms with Gasteiger partial charge < -0.3 is 15.2 Å². The van der Waals surface area contributed by atoms with E-state index in [-0.39, 0.29) is 6.10 Å². The van der Waals surface area contributed by atoms with E-state index in [1.54, 1.807) is 0 Å². The van der Waals surface area contributed by atoms with Crippen molar-refractivity contribution in [2.24, 2.45) is 0 Å². The third-order valence-corrected chi connectivity index (χ3v) is 4.57. The van der Waals surface area contributed by atoms with E-state index >= 15 is 0 Å². The standard InChI is InChI=1S/C17H25NO2/c1-13-5-6-16-14(9-13)10-15(20-16)11-18-12-17(19)7-3-2-4-8-17/h5-6,9,15,18-19H,2-4,7-8,10-12H2,1H3. The van der Waals surface area contributed by atoms with Crippen LogP contribution in [0, 0.1) is 6.92 Å². The first-order chi connectivity index (χ1) is 9.65. The van der Waals surface area contributed by atoms with Gasteiger partial charge in [-0.05, 0) is 31.4 Å². The first kappa shape index (κ1) is 13.9. The molecule has 0 spiro atoms. The zero-order valence-corrected chi connectivity index (χ0v) is 12.3. The molecule has 1 fully saturated rings. The van der Waals surface area contributed by atoms with Crippen LogP contribution in [0.5, 0.6) is 5.75 Å². The largest absolute Gasteiger partial charge is 0.488 e. The van der Waals surface area contributed by atoms with Crippen LogP contribution in [0.1, 0.15) is 43.2 Å². The number of aliphatic hydroxyl groups is 1. The van der Waals surface area contributed by atoms with Gasteiger partial charge in [-0.1, -0.05) is 37.0 Å². The van der Waals surface area contributed by atoms with Gasteiger partial charge in [0.05, 0.1) is 5.60 Å². The molecule has 1 aromatic carbocycles. The molecule has 0 aromatic heterocycles. The molecule has 2 aliphatic rings. The lowest BCUT2D eigenvalue weighted by Crippen LogP contribution is -2.44. The summed E-state index contributed by atoms with van der Waals surface area (Å²) < 4.78 is 5.94. The fourth-order valence-electron chi connectivity index (χ4n) is 3.42. The zero-order chi connectivity index (χ0) is 14.0. The van der Waals surface area contributed by atoms with Crippen molar-refractivity contribution in [2.45, 2.75) is 57.2 Å². The van der Waals surface area contributed by atoms with E-state index in [1.807, 2.05) is 0 Å². The second-order valence-electron chi connectivity index (χ2n) is 6.47. The number of nitrogens with one attached hydrogen (secondary N) is 1. The van der Waals surface area contributed by atoms with Gasteiger partial charge in [0.15, 0.2) is 0 Å². The summed E-state index contributed by atoms with van der Waals surface area (Å²) in [6.45, 7) is 3.63. The quantitative estimate of drug-likeness (QED) is 0.887. The Morgan fingerprint density at radius 3 is 2.90 bits per heavy atom. The first-order valence-corrected chi connectivity index (χ1v) is 7.84. The maximum atomic E-state index is 10.5. The minimum atomic E-state index is -0.486. The van der Waals surface area contributed by atoms with Gasteiger partial charge in [-0.15, -0.1) is 0 Å². The monoisotopic (exact) mass is 275 g/mol. The molecule has 1 aliphatic carbocycles. The number of benzene rings is 1. The molecule has 0 radical (unpaired) electrons. The molecule has 0 saturated heterocycles. The summed E-state index contributed by atoms with van der Waals surface area (Å²) in [4.78, 5) is 0. The van der Waals surface area contributed by atoms with Crippen LogP contribution in [0.4, 0.5) is 0 Å². The van der Waals surface area contributed by atoms with E-state index in [1.165, 1.54) is 17.5 Å². The number of hydrogen-bond acceptors (Lipinski definition) is 3. The highest BCUT2D eigenvalue weighted by atomic mass is 16.5. The Morgan fingerprint density at radius 2 is 2.10 bits per heavy atom. The summed E-state index contributed by atoms with van der Waals surface area (Å²) >= 11 is 0. The van der Waals surface area contributed by atoms with Crippen molar-refractivity contribution in [1.82, 2.24) is 5.32 Å². The van der Waals surface area contributed by atoms with E-state index < -0.39 is 5.60 Å². The lowest BCUT2D eigenvalue weighted by atomic mass is 9.85. The Bertz CT molecular complexity index is 466. The second kappa shape index (κ2) is 5.74. The highest BCUT2D eigenvalue weighted by Gasteiger charge is 2.29. The number of hydrogen-bond donors (Lipinski definition) is 2. The fourth-order valence-corrected chi connectivity index (χ4v) is 3.42. The Balaban J connectivity index is 1.46. The normalized spacial score (nSPS) is 24.2. The van der Waals surface area contributed by atoms with Crippen molar-refractivity contribution in [1.29, 1.82) is 0 Å². The lowest BCUT2D eigenvalue weighted by molar-refractivity contribution is 0.00352. The second-order valence-corrected chi connectivity index (χ2v) is 6.47. The average Bonchev–Trinajstić information content (AvgIpc) is 2.81. The summed E-state index contributed by atoms with van der Waals surface area (Å²) in [7, 11) is 0. The summed E-state index contributed by atoms with van der Waals surface area (Å²) in [5.74, 6) is 1.03. The van der Waals surface area contributed by atoms with Gasteiger partial charge in [0.2, 0.25) is 0 Å². The van der Waals surface area contributed by atoms with E-state index in [9.17, 15) is 5.11 Å². The Morgan fingerprint density at radius 1 is 1.30 bits per heavy atom. The Hall–Kier alpha value is -1.06. The molecule has 20 heavy (non-hydrogen) atoms. The number of rotatable bonds is 4. The van der Waals surface area contributed by atoms with Crippen molar-refractivity contribution in [2.75, 3.05) is 13.1 Å². The van der Waals surface area contributed by atoms with Crippen molar-refractivity contribution in [3.8, 4) is 5.75 Å². The summed E-state index contributed by atoms with van der Waals surface area (Å²) in [5, 5.41) is 13.9. The van der Waals surface area contributed by atoms with Gasteiger partial charge in [-0.25, -0.2) is 0 Å². The fraction of sp³-hybridized carbons (Fsp3) is 0.647. The Kier molecular flexibility index (Phi) is 3.99. The molecule has 2 N–H and O–H groups in total.